The van der Waals surface area contributed by atoms with Crippen molar-refractivity contribution in [1.82, 2.24) is 10.2 Å². The summed E-state index contributed by atoms with van der Waals surface area (Å²) in [7, 11) is 0. The van der Waals surface area contributed by atoms with E-state index in [0.29, 0.717) is 0 Å². The molecule has 0 aromatic carbocycles. The minimum absolute atomic E-state index is 0.780. The second kappa shape index (κ2) is 7.26. The highest BCUT2D eigenvalue weighted by Crippen LogP contribution is 2.32. The molecule has 2 aliphatic carbocycles. The maximum Gasteiger partial charge on any atom is 0.0198 e. The van der Waals surface area contributed by atoms with Crippen LogP contribution in [0.3, 0.4) is 0 Å². The van der Waals surface area contributed by atoms with Crippen molar-refractivity contribution in [2.45, 2.75) is 83.2 Å². The Morgan fingerprint density at radius 3 is 2.45 bits per heavy atom. The van der Waals surface area contributed by atoms with E-state index in [1.54, 1.807) is 0 Å². The molecule has 0 aromatic heterocycles. The number of nitrogens with zero attached hydrogens (tertiary/aromatic N) is 1. The average Bonchev–Trinajstić information content (AvgIpc) is 3.31. The second-order valence-corrected chi connectivity index (χ2v) is 7.68. The number of piperidine rings is 1. The van der Waals surface area contributed by atoms with Crippen LogP contribution in [0, 0.1) is 11.8 Å². The summed E-state index contributed by atoms with van der Waals surface area (Å²) in [6, 6.07) is 1.73. The molecule has 0 spiro atoms. The molecular weight excluding hydrogens is 244 g/mol. The minimum Gasteiger partial charge on any atom is -0.312 e. The van der Waals surface area contributed by atoms with Crippen LogP contribution in [-0.4, -0.2) is 36.6 Å². The highest BCUT2D eigenvalue weighted by atomic mass is 15.2. The predicted molar refractivity (Wildman–Crippen MR) is 86.0 cm³/mol. The quantitative estimate of drug-likeness (QED) is 0.795. The lowest BCUT2D eigenvalue weighted by Crippen LogP contribution is -2.50. The Hall–Kier alpha value is -0.0800. The molecule has 0 bridgehead atoms. The van der Waals surface area contributed by atoms with E-state index >= 15 is 0 Å². The van der Waals surface area contributed by atoms with E-state index in [0.717, 1.165) is 23.9 Å². The van der Waals surface area contributed by atoms with Crippen molar-refractivity contribution in [3.8, 4) is 0 Å². The molecule has 3 fully saturated rings. The van der Waals surface area contributed by atoms with Crippen LogP contribution < -0.4 is 5.32 Å². The Labute approximate surface area is 125 Å². The van der Waals surface area contributed by atoms with Crippen LogP contribution in [0.5, 0.6) is 0 Å². The third kappa shape index (κ3) is 4.21. The summed E-state index contributed by atoms with van der Waals surface area (Å²) in [5.74, 6) is 1.93. The third-order valence-corrected chi connectivity index (χ3v) is 5.75. The first kappa shape index (κ1) is 14.8. The van der Waals surface area contributed by atoms with Gasteiger partial charge in [0.25, 0.3) is 0 Å². The van der Waals surface area contributed by atoms with Gasteiger partial charge >= 0.3 is 0 Å². The van der Waals surface area contributed by atoms with Gasteiger partial charge in [-0.1, -0.05) is 32.6 Å². The lowest BCUT2D eigenvalue weighted by molar-refractivity contribution is 0.124. The van der Waals surface area contributed by atoms with E-state index in [1.807, 2.05) is 0 Å². The molecule has 2 unspecified atom stereocenters. The zero-order chi connectivity index (χ0) is 13.8. The van der Waals surface area contributed by atoms with Gasteiger partial charge in [-0.15, -0.1) is 0 Å². The van der Waals surface area contributed by atoms with Gasteiger partial charge in [-0.05, 0) is 56.9 Å². The summed E-state index contributed by atoms with van der Waals surface area (Å²) in [5.41, 5.74) is 0. The monoisotopic (exact) mass is 278 g/mol. The zero-order valence-electron chi connectivity index (χ0n) is 13.4. The van der Waals surface area contributed by atoms with Gasteiger partial charge in [0.05, 0.1) is 0 Å². The summed E-state index contributed by atoms with van der Waals surface area (Å²) < 4.78 is 0. The zero-order valence-corrected chi connectivity index (χ0v) is 13.4. The molecule has 116 valence electrons. The Morgan fingerprint density at radius 2 is 1.75 bits per heavy atom. The Morgan fingerprint density at radius 1 is 0.950 bits per heavy atom. The van der Waals surface area contributed by atoms with Crippen LogP contribution in [0.4, 0.5) is 0 Å². The van der Waals surface area contributed by atoms with Crippen LogP contribution in [0.1, 0.15) is 71.1 Å². The molecule has 2 heteroatoms. The van der Waals surface area contributed by atoms with Gasteiger partial charge in [0.1, 0.15) is 0 Å². The topological polar surface area (TPSA) is 15.3 Å². The van der Waals surface area contributed by atoms with E-state index in [1.165, 1.54) is 83.8 Å². The molecule has 2 saturated carbocycles. The molecule has 2 atom stereocenters. The molecule has 3 aliphatic rings. The van der Waals surface area contributed by atoms with Crippen molar-refractivity contribution >= 4 is 0 Å². The number of rotatable bonds is 6. The first-order valence-corrected chi connectivity index (χ1v) is 9.32. The predicted octanol–water partition coefficient (Wildman–Crippen LogP) is 3.81. The van der Waals surface area contributed by atoms with Gasteiger partial charge < -0.3 is 5.32 Å². The van der Waals surface area contributed by atoms with Crippen molar-refractivity contribution in [2.75, 3.05) is 19.6 Å². The number of nitrogens with one attached hydrogen (secondary N) is 1. The van der Waals surface area contributed by atoms with Crippen LogP contribution in [-0.2, 0) is 0 Å². The van der Waals surface area contributed by atoms with Crippen LogP contribution >= 0.6 is 0 Å². The molecule has 1 saturated heterocycles. The van der Waals surface area contributed by atoms with Gasteiger partial charge in [-0.2, -0.15) is 0 Å². The maximum atomic E-state index is 3.95. The average molecular weight is 278 g/mol. The van der Waals surface area contributed by atoms with Gasteiger partial charge in [0.15, 0.2) is 0 Å². The van der Waals surface area contributed by atoms with Crippen LogP contribution in [0.15, 0.2) is 0 Å². The molecule has 0 radical (unpaired) electrons. The Kier molecular flexibility index (Phi) is 5.39. The summed E-state index contributed by atoms with van der Waals surface area (Å²) >= 11 is 0. The van der Waals surface area contributed by atoms with E-state index in [2.05, 4.69) is 17.1 Å². The van der Waals surface area contributed by atoms with Crippen LogP contribution in [0.25, 0.3) is 0 Å². The van der Waals surface area contributed by atoms with E-state index < -0.39 is 0 Å². The molecule has 0 aromatic rings. The van der Waals surface area contributed by atoms with Crippen molar-refractivity contribution in [2.24, 2.45) is 11.8 Å². The fourth-order valence-electron chi connectivity index (χ4n) is 4.47. The highest BCUT2D eigenvalue weighted by molar-refractivity contribution is 4.92. The highest BCUT2D eigenvalue weighted by Gasteiger charge is 2.35. The lowest BCUT2D eigenvalue weighted by Gasteiger charge is -2.39. The molecule has 1 heterocycles. The van der Waals surface area contributed by atoms with E-state index in [-0.39, 0.29) is 0 Å². The molecule has 2 nitrogen and oxygen atoms in total. The van der Waals surface area contributed by atoms with Gasteiger partial charge in [-0.25, -0.2) is 0 Å². The molecule has 1 aliphatic heterocycles. The minimum atomic E-state index is 0.780. The fourth-order valence-corrected chi connectivity index (χ4v) is 4.47. The third-order valence-electron chi connectivity index (χ3n) is 5.75. The number of likely N-dealkylation sites (tertiary alicyclic amines) is 1. The number of hydrogen-bond donors (Lipinski definition) is 1. The largest absolute Gasteiger partial charge is 0.312 e. The van der Waals surface area contributed by atoms with Crippen molar-refractivity contribution < 1.29 is 0 Å². The van der Waals surface area contributed by atoms with Gasteiger partial charge in [0, 0.05) is 25.2 Å². The fraction of sp³-hybridized carbons (Fsp3) is 1.00. The SMILES string of the molecule is CCCC1CC(NCC2CCCCC2)CN(C2CC2)C1. The van der Waals surface area contributed by atoms with Crippen molar-refractivity contribution in [1.29, 1.82) is 0 Å². The summed E-state index contributed by atoms with van der Waals surface area (Å²) in [5, 5.41) is 3.95. The normalized spacial score (nSPS) is 33.5. The summed E-state index contributed by atoms with van der Waals surface area (Å²) in [4.78, 5) is 2.81. The Balaban J connectivity index is 1.46. The number of hydrogen-bond acceptors (Lipinski definition) is 2. The van der Waals surface area contributed by atoms with E-state index in [4.69, 9.17) is 0 Å². The smallest absolute Gasteiger partial charge is 0.0198 e. The van der Waals surface area contributed by atoms with Crippen molar-refractivity contribution in [3.63, 3.8) is 0 Å². The Bertz CT molecular complexity index is 281. The first-order valence-electron chi connectivity index (χ1n) is 9.32. The first-order chi connectivity index (χ1) is 9.85. The molecule has 20 heavy (non-hydrogen) atoms. The lowest BCUT2D eigenvalue weighted by atomic mass is 9.87. The second-order valence-electron chi connectivity index (χ2n) is 7.68. The van der Waals surface area contributed by atoms with Crippen molar-refractivity contribution in [3.05, 3.63) is 0 Å². The molecule has 3 rings (SSSR count). The van der Waals surface area contributed by atoms with E-state index in [9.17, 15) is 0 Å². The van der Waals surface area contributed by atoms with Crippen LogP contribution in [0.2, 0.25) is 0 Å². The standard InChI is InChI=1S/C18H34N2/c1-2-6-16-11-17(14-20(13-16)18-9-10-18)19-12-15-7-4-3-5-8-15/h15-19H,2-14H2,1H3. The van der Waals surface area contributed by atoms with Gasteiger partial charge in [-0.3, -0.25) is 4.90 Å². The molecule has 1 N–H and O–H groups in total. The molecule has 0 amide bonds. The maximum absolute atomic E-state index is 3.95. The summed E-state index contributed by atoms with van der Waals surface area (Å²) in [6.45, 7) is 6.36. The van der Waals surface area contributed by atoms with Gasteiger partial charge in [0.2, 0.25) is 0 Å². The molecular formula is C18H34N2. The summed E-state index contributed by atoms with van der Waals surface area (Å²) in [6.07, 6.45) is 14.5.